The lowest BCUT2D eigenvalue weighted by atomic mass is 10.1. The Kier molecular flexibility index (Phi) is 5.41. The largest absolute Gasteiger partial charge is 0.322 e. The number of nitrogens with zero attached hydrogens (tertiary/aromatic N) is 1. The van der Waals surface area contributed by atoms with Gasteiger partial charge in [-0.15, -0.1) is 11.3 Å². The summed E-state index contributed by atoms with van der Waals surface area (Å²) in [6.07, 6.45) is 1.82. The normalized spacial score (nSPS) is 11.2. The minimum Gasteiger partial charge on any atom is -0.322 e. The summed E-state index contributed by atoms with van der Waals surface area (Å²) >= 11 is 1.73. The summed E-state index contributed by atoms with van der Waals surface area (Å²) < 4.78 is 0. The summed E-state index contributed by atoms with van der Waals surface area (Å²) in [5, 5.41) is 2.91. The van der Waals surface area contributed by atoms with E-state index >= 15 is 0 Å². The minimum atomic E-state index is -0.159. The molecule has 1 amide bonds. The van der Waals surface area contributed by atoms with Crippen molar-refractivity contribution in [3.05, 3.63) is 82.0 Å². The van der Waals surface area contributed by atoms with E-state index in [0.717, 1.165) is 10.6 Å². The van der Waals surface area contributed by atoms with E-state index < -0.39 is 0 Å². The second-order valence-corrected chi connectivity index (χ2v) is 7.14. The molecule has 126 valence electrons. The molecule has 0 atom stereocenters. The van der Waals surface area contributed by atoms with Crippen LogP contribution in [0.1, 0.15) is 39.9 Å². The molecular weight excluding hydrogens is 328 g/mol. The summed E-state index contributed by atoms with van der Waals surface area (Å²) in [7, 11) is 0. The van der Waals surface area contributed by atoms with E-state index in [-0.39, 0.29) is 5.91 Å². The Labute approximate surface area is 152 Å². The molecule has 0 unspecified atom stereocenters. The van der Waals surface area contributed by atoms with Crippen molar-refractivity contribution in [2.24, 2.45) is 4.99 Å². The predicted molar refractivity (Wildman–Crippen MR) is 106 cm³/mol. The van der Waals surface area contributed by atoms with Gasteiger partial charge in [0.25, 0.3) is 5.91 Å². The number of rotatable bonds is 5. The molecule has 0 radical (unpaired) electrons. The fourth-order valence-corrected chi connectivity index (χ4v) is 3.26. The summed E-state index contributed by atoms with van der Waals surface area (Å²) in [6.45, 7) is 4.35. The smallest absolute Gasteiger partial charge is 0.257 e. The number of carbonyl (C=O) groups excluding carboxylic acids is 1. The van der Waals surface area contributed by atoms with E-state index in [2.05, 4.69) is 36.3 Å². The molecule has 25 heavy (non-hydrogen) atoms. The Morgan fingerprint density at radius 3 is 2.44 bits per heavy atom. The number of thiophene rings is 1. The maximum Gasteiger partial charge on any atom is 0.257 e. The Morgan fingerprint density at radius 1 is 1.00 bits per heavy atom. The molecule has 0 saturated heterocycles. The number of anilines is 1. The van der Waals surface area contributed by atoms with Gasteiger partial charge in [-0.3, -0.25) is 9.79 Å². The maximum absolute atomic E-state index is 12.6. The minimum absolute atomic E-state index is 0.159. The van der Waals surface area contributed by atoms with Crippen molar-refractivity contribution in [3.63, 3.8) is 0 Å². The van der Waals surface area contributed by atoms with E-state index in [1.54, 1.807) is 17.4 Å². The predicted octanol–water partition coefficient (Wildman–Crippen LogP) is 5.87. The third-order valence-corrected chi connectivity index (χ3v) is 5.05. The summed E-state index contributed by atoms with van der Waals surface area (Å²) in [6, 6.07) is 21.0. The number of nitrogens with one attached hydrogen (secondary N) is 1. The first-order valence-corrected chi connectivity index (χ1v) is 9.04. The van der Waals surface area contributed by atoms with Crippen molar-refractivity contribution >= 4 is 34.8 Å². The van der Waals surface area contributed by atoms with E-state index in [0.29, 0.717) is 17.2 Å². The lowest BCUT2D eigenvalue weighted by Crippen LogP contribution is -2.11. The molecule has 1 N–H and O–H groups in total. The highest BCUT2D eigenvalue weighted by atomic mass is 32.1. The SMILES string of the molecule is CC(C)c1ccc(/C=N/c2ccccc2C(=O)Nc2ccccc2)s1. The third-order valence-electron chi connectivity index (χ3n) is 3.73. The van der Waals surface area contributed by atoms with Crippen molar-refractivity contribution in [1.82, 2.24) is 0 Å². The quantitative estimate of drug-likeness (QED) is 0.575. The van der Waals surface area contributed by atoms with Crippen molar-refractivity contribution in [2.45, 2.75) is 19.8 Å². The van der Waals surface area contributed by atoms with Gasteiger partial charge in [-0.1, -0.05) is 44.2 Å². The second-order valence-electron chi connectivity index (χ2n) is 5.99. The van der Waals surface area contributed by atoms with E-state index in [1.807, 2.05) is 54.7 Å². The maximum atomic E-state index is 12.6. The average molecular weight is 348 g/mol. The van der Waals surface area contributed by atoms with Gasteiger partial charge in [0, 0.05) is 21.7 Å². The Balaban J connectivity index is 1.80. The fourth-order valence-electron chi connectivity index (χ4n) is 2.38. The van der Waals surface area contributed by atoms with E-state index in [1.165, 1.54) is 4.88 Å². The molecule has 3 rings (SSSR count). The van der Waals surface area contributed by atoms with Gasteiger partial charge in [-0.2, -0.15) is 0 Å². The molecule has 3 nitrogen and oxygen atoms in total. The monoisotopic (exact) mass is 348 g/mol. The van der Waals surface area contributed by atoms with Crippen LogP contribution in [0.25, 0.3) is 0 Å². The number of hydrogen-bond acceptors (Lipinski definition) is 3. The number of hydrogen-bond donors (Lipinski definition) is 1. The molecule has 0 aliphatic heterocycles. The van der Waals surface area contributed by atoms with Gasteiger partial charge < -0.3 is 5.32 Å². The molecule has 0 aliphatic rings. The van der Waals surface area contributed by atoms with Crippen LogP contribution in [-0.4, -0.2) is 12.1 Å². The molecule has 0 fully saturated rings. The molecular formula is C21H20N2OS. The second kappa shape index (κ2) is 7.90. The highest BCUT2D eigenvalue weighted by Gasteiger charge is 2.10. The first-order chi connectivity index (χ1) is 12.1. The average Bonchev–Trinajstić information content (AvgIpc) is 3.10. The Bertz CT molecular complexity index is 882. The molecule has 0 saturated carbocycles. The number of carbonyl (C=O) groups is 1. The van der Waals surface area contributed by atoms with Crippen LogP contribution in [0.3, 0.4) is 0 Å². The number of para-hydroxylation sites is 2. The summed E-state index contributed by atoms with van der Waals surface area (Å²) in [5.41, 5.74) is 1.99. The molecule has 0 bridgehead atoms. The van der Waals surface area contributed by atoms with Crippen molar-refractivity contribution in [3.8, 4) is 0 Å². The van der Waals surface area contributed by atoms with Gasteiger partial charge in [-0.05, 0) is 42.3 Å². The zero-order valence-corrected chi connectivity index (χ0v) is 15.1. The number of amides is 1. The number of aliphatic imine (C=N–C) groups is 1. The van der Waals surface area contributed by atoms with Crippen LogP contribution in [-0.2, 0) is 0 Å². The zero-order chi connectivity index (χ0) is 17.6. The van der Waals surface area contributed by atoms with E-state index in [4.69, 9.17) is 0 Å². The molecule has 0 spiro atoms. The van der Waals surface area contributed by atoms with E-state index in [9.17, 15) is 4.79 Å². The van der Waals surface area contributed by atoms with Crippen molar-refractivity contribution in [2.75, 3.05) is 5.32 Å². The lowest BCUT2D eigenvalue weighted by Gasteiger charge is -2.07. The lowest BCUT2D eigenvalue weighted by molar-refractivity contribution is 0.102. The van der Waals surface area contributed by atoms with Crippen LogP contribution >= 0.6 is 11.3 Å². The topological polar surface area (TPSA) is 41.5 Å². The highest BCUT2D eigenvalue weighted by Crippen LogP contribution is 2.25. The molecule has 2 aromatic carbocycles. The summed E-state index contributed by atoms with van der Waals surface area (Å²) in [5.74, 6) is 0.351. The van der Waals surface area contributed by atoms with Crippen LogP contribution in [0, 0.1) is 0 Å². The number of benzene rings is 2. The third kappa shape index (κ3) is 4.43. The standard InChI is InChI=1S/C21H20N2OS/c1-15(2)20-13-12-17(25-20)14-22-19-11-7-6-10-18(19)21(24)23-16-8-4-3-5-9-16/h3-15H,1-2H3,(H,23,24)/b22-14+. The first kappa shape index (κ1) is 17.1. The van der Waals surface area contributed by atoms with Crippen LogP contribution in [0.5, 0.6) is 0 Å². The molecule has 3 aromatic rings. The zero-order valence-electron chi connectivity index (χ0n) is 14.3. The summed E-state index contributed by atoms with van der Waals surface area (Å²) in [4.78, 5) is 19.5. The highest BCUT2D eigenvalue weighted by molar-refractivity contribution is 7.13. The van der Waals surface area contributed by atoms with Crippen LogP contribution in [0.15, 0.2) is 71.7 Å². The molecule has 0 aliphatic carbocycles. The first-order valence-electron chi connectivity index (χ1n) is 8.22. The Morgan fingerprint density at radius 2 is 1.72 bits per heavy atom. The van der Waals surface area contributed by atoms with Crippen molar-refractivity contribution < 1.29 is 4.79 Å². The van der Waals surface area contributed by atoms with Crippen LogP contribution in [0.4, 0.5) is 11.4 Å². The van der Waals surface area contributed by atoms with Gasteiger partial charge in [0.15, 0.2) is 0 Å². The van der Waals surface area contributed by atoms with Gasteiger partial charge in [0.2, 0.25) is 0 Å². The van der Waals surface area contributed by atoms with Crippen molar-refractivity contribution in [1.29, 1.82) is 0 Å². The van der Waals surface area contributed by atoms with Gasteiger partial charge in [0.05, 0.1) is 11.3 Å². The Hall–Kier alpha value is -2.72. The van der Waals surface area contributed by atoms with Gasteiger partial charge in [-0.25, -0.2) is 0 Å². The fraction of sp³-hybridized carbons (Fsp3) is 0.143. The van der Waals surface area contributed by atoms with Gasteiger partial charge in [0.1, 0.15) is 0 Å². The molecule has 4 heteroatoms. The van der Waals surface area contributed by atoms with Gasteiger partial charge >= 0.3 is 0 Å². The van der Waals surface area contributed by atoms with Crippen LogP contribution < -0.4 is 5.32 Å². The molecule has 1 aromatic heterocycles. The van der Waals surface area contributed by atoms with Crippen LogP contribution in [0.2, 0.25) is 0 Å². The molecule has 1 heterocycles.